The third-order valence-electron chi connectivity index (χ3n) is 2.67. The van der Waals surface area contributed by atoms with Crippen LogP contribution in [0.15, 0.2) is 0 Å². The van der Waals surface area contributed by atoms with Crippen LogP contribution in [-0.2, 0) is 11.3 Å². The molecule has 0 amide bonds. The molecule has 20 heavy (non-hydrogen) atoms. The number of hydrogen-bond donors (Lipinski definition) is 1. The highest BCUT2D eigenvalue weighted by atomic mass is 32.1. The lowest BCUT2D eigenvalue weighted by Crippen LogP contribution is -2.33. The van der Waals surface area contributed by atoms with Crippen molar-refractivity contribution in [3.8, 4) is 0 Å². The zero-order valence-corrected chi connectivity index (χ0v) is 12.7. The molecule has 0 spiro atoms. The molecule has 4 nitrogen and oxygen atoms in total. The molecule has 0 aromatic carbocycles. The van der Waals surface area contributed by atoms with Gasteiger partial charge < -0.3 is 15.0 Å². The van der Waals surface area contributed by atoms with E-state index < -0.39 is 12.7 Å². The van der Waals surface area contributed by atoms with Gasteiger partial charge in [-0.1, -0.05) is 0 Å². The van der Waals surface area contributed by atoms with E-state index >= 15 is 0 Å². The molecule has 0 saturated carbocycles. The second-order valence-electron chi connectivity index (χ2n) is 4.30. The van der Waals surface area contributed by atoms with Gasteiger partial charge in [0, 0.05) is 31.6 Å². The average Bonchev–Trinajstić information content (AvgIpc) is 2.72. The molecule has 0 unspecified atom stereocenters. The summed E-state index contributed by atoms with van der Waals surface area (Å²) in [6, 6.07) is 0. The number of thiazole rings is 1. The fourth-order valence-electron chi connectivity index (χ4n) is 1.62. The quantitative estimate of drug-likeness (QED) is 0.749. The first-order valence-corrected chi connectivity index (χ1v) is 7.16. The number of ether oxygens (including phenoxy) is 1. The van der Waals surface area contributed by atoms with Crippen molar-refractivity contribution in [2.75, 3.05) is 38.3 Å². The van der Waals surface area contributed by atoms with E-state index in [4.69, 9.17) is 4.74 Å². The molecule has 116 valence electrons. The van der Waals surface area contributed by atoms with Crippen LogP contribution in [0.25, 0.3) is 0 Å². The van der Waals surface area contributed by atoms with Crippen LogP contribution in [0.3, 0.4) is 0 Å². The summed E-state index contributed by atoms with van der Waals surface area (Å²) in [7, 11) is 1.62. The van der Waals surface area contributed by atoms with Gasteiger partial charge in [-0.2, -0.15) is 13.2 Å². The van der Waals surface area contributed by atoms with Crippen molar-refractivity contribution in [2.45, 2.75) is 26.6 Å². The van der Waals surface area contributed by atoms with E-state index in [1.165, 1.54) is 16.2 Å². The van der Waals surface area contributed by atoms with Gasteiger partial charge in [0.05, 0.1) is 12.3 Å². The van der Waals surface area contributed by atoms with Gasteiger partial charge in [-0.05, 0) is 13.8 Å². The lowest BCUT2D eigenvalue weighted by atomic mass is 10.4. The second kappa shape index (κ2) is 7.80. The Morgan fingerprint density at radius 2 is 2.10 bits per heavy atom. The normalized spacial score (nSPS) is 11.9. The number of anilines is 1. The third-order valence-corrected chi connectivity index (χ3v) is 3.89. The van der Waals surface area contributed by atoms with E-state index in [1.54, 1.807) is 14.0 Å². The van der Waals surface area contributed by atoms with Crippen molar-refractivity contribution >= 4 is 16.5 Å². The molecule has 1 aromatic heterocycles. The number of methoxy groups -OCH3 is 1. The predicted octanol–water partition coefficient (Wildman–Crippen LogP) is 2.58. The molecule has 1 rings (SSSR count). The highest BCUT2D eigenvalue weighted by Crippen LogP contribution is 2.28. The summed E-state index contributed by atoms with van der Waals surface area (Å²) < 4.78 is 42.4. The Kier molecular flexibility index (Phi) is 6.70. The molecule has 1 N–H and O–H groups in total. The third kappa shape index (κ3) is 5.64. The summed E-state index contributed by atoms with van der Waals surface area (Å²) in [5.41, 5.74) is 0.774. The Balaban J connectivity index is 2.66. The molecule has 0 aliphatic heterocycles. The Bertz CT molecular complexity index is 409. The monoisotopic (exact) mass is 311 g/mol. The summed E-state index contributed by atoms with van der Waals surface area (Å²) in [4.78, 5) is 6.44. The van der Waals surface area contributed by atoms with E-state index in [9.17, 15) is 13.2 Å². The SMILES string of the molecule is CCN(CC(F)(F)F)c1nc(C)c(CNCCOC)s1. The minimum absolute atomic E-state index is 0.281. The van der Waals surface area contributed by atoms with Crippen LogP contribution in [0.5, 0.6) is 0 Å². The number of alkyl halides is 3. The minimum atomic E-state index is -4.22. The summed E-state index contributed by atoms with van der Waals surface area (Å²) in [5.74, 6) is 0. The summed E-state index contributed by atoms with van der Waals surface area (Å²) in [5, 5.41) is 3.59. The predicted molar refractivity (Wildman–Crippen MR) is 74.4 cm³/mol. The molecule has 8 heteroatoms. The Hall–Kier alpha value is -0.860. The molecule has 0 aliphatic rings. The first kappa shape index (κ1) is 17.2. The summed E-state index contributed by atoms with van der Waals surface area (Å²) >= 11 is 1.30. The highest BCUT2D eigenvalue weighted by molar-refractivity contribution is 7.15. The van der Waals surface area contributed by atoms with E-state index in [1.807, 2.05) is 6.92 Å². The molecule has 0 saturated heterocycles. The maximum atomic E-state index is 12.5. The first-order chi connectivity index (χ1) is 9.37. The topological polar surface area (TPSA) is 37.4 Å². The smallest absolute Gasteiger partial charge is 0.383 e. The van der Waals surface area contributed by atoms with Crippen molar-refractivity contribution in [2.24, 2.45) is 0 Å². The van der Waals surface area contributed by atoms with Gasteiger partial charge >= 0.3 is 6.18 Å². The van der Waals surface area contributed by atoms with Crippen LogP contribution in [-0.4, -0.2) is 44.5 Å². The van der Waals surface area contributed by atoms with Gasteiger partial charge in [0.2, 0.25) is 0 Å². The molecule has 0 atom stereocenters. The van der Waals surface area contributed by atoms with Gasteiger partial charge in [0.1, 0.15) is 6.54 Å². The number of rotatable bonds is 8. The summed E-state index contributed by atoms with van der Waals surface area (Å²) in [6.07, 6.45) is -4.22. The van der Waals surface area contributed by atoms with Crippen LogP contribution in [0.1, 0.15) is 17.5 Å². The Morgan fingerprint density at radius 1 is 1.40 bits per heavy atom. The fraction of sp³-hybridized carbons (Fsp3) is 0.750. The van der Waals surface area contributed by atoms with Crippen molar-refractivity contribution in [1.82, 2.24) is 10.3 Å². The van der Waals surface area contributed by atoms with E-state index in [0.717, 1.165) is 10.6 Å². The fourth-order valence-corrected chi connectivity index (χ4v) is 2.71. The molecular weight excluding hydrogens is 291 g/mol. The Morgan fingerprint density at radius 3 is 2.65 bits per heavy atom. The zero-order chi connectivity index (χ0) is 15.2. The lowest BCUT2D eigenvalue weighted by molar-refractivity contribution is -0.119. The van der Waals surface area contributed by atoms with Crippen molar-refractivity contribution in [1.29, 1.82) is 0 Å². The number of aryl methyl sites for hydroxylation is 1. The molecule has 1 aromatic rings. The maximum absolute atomic E-state index is 12.5. The van der Waals surface area contributed by atoms with Gasteiger partial charge in [-0.15, -0.1) is 11.3 Å². The molecule has 0 fully saturated rings. The van der Waals surface area contributed by atoms with Crippen molar-refractivity contribution in [3.63, 3.8) is 0 Å². The van der Waals surface area contributed by atoms with Crippen LogP contribution in [0.4, 0.5) is 18.3 Å². The first-order valence-electron chi connectivity index (χ1n) is 6.35. The molecule has 0 aliphatic carbocycles. The van der Waals surface area contributed by atoms with E-state index in [2.05, 4.69) is 10.3 Å². The largest absolute Gasteiger partial charge is 0.406 e. The van der Waals surface area contributed by atoms with Gasteiger partial charge in [0.25, 0.3) is 0 Å². The second-order valence-corrected chi connectivity index (χ2v) is 5.37. The van der Waals surface area contributed by atoms with Gasteiger partial charge in [0.15, 0.2) is 5.13 Å². The summed E-state index contributed by atoms with van der Waals surface area (Å²) in [6.45, 7) is 4.71. The van der Waals surface area contributed by atoms with Crippen LogP contribution >= 0.6 is 11.3 Å². The number of hydrogen-bond acceptors (Lipinski definition) is 5. The van der Waals surface area contributed by atoms with Gasteiger partial charge in [-0.25, -0.2) is 4.98 Å². The molecule has 0 bridgehead atoms. The lowest BCUT2D eigenvalue weighted by Gasteiger charge is -2.21. The number of nitrogens with zero attached hydrogens (tertiary/aromatic N) is 2. The van der Waals surface area contributed by atoms with Crippen LogP contribution in [0.2, 0.25) is 0 Å². The van der Waals surface area contributed by atoms with Gasteiger partial charge in [-0.3, -0.25) is 0 Å². The minimum Gasteiger partial charge on any atom is -0.383 e. The van der Waals surface area contributed by atoms with Crippen molar-refractivity contribution < 1.29 is 17.9 Å². The Labute approximate surface area is 120 Å². The van der Waals surface area contributed by atoms with Crippen LogP contribution in [0, 0.1) is 6.92 Å². The molecular formula is C12H20F3N3OS. The average molecular weight is 311 g/mol. The van der Waals surface area contributed by atoms with E-state index in [-0.39, 0.29) is 6.54 Å². The number of aromatic nitrogens is 1. The standard InChI is InChI=1S/C12H20F3N3OS/c1-4-18(8-12(13,14)15)11-17-9(2)10(20-11)7-16-5-6-19-3/h16H,4-8H2,1-3H3. The number of halogens is 3. The zero-order valence-electron chi connectivity index (χ0n) is 11.9. The van der Waals surface area contributed by atoms with Crippen molar-refractivity contribution in [3.05, 3.63) is 10.6 Å². The maximum Gasteiger partial charge on any atom is 0.406 e. The molecule has 0 radical (unpaired) electrons. The highest BCUT2D eigenvalue weighted by Gasteiger charge is 2.31. The number of nitrogens with one attached hydrogen (secondary N) is 1. The van der Waals surface area contributed by atoms with E-state index in [0.29, 0.717) is 24.8 Å². The molecule has 1 heterocycles. The van der Waals surface area contributed by atoms with Crippen LogP contribution < -0.4 is 10.2 Å².